The van der Waals surface area contributed by atoms with Gasteiger partial charge in [-0.15, -0.1) is 13.1 Å². The first kappa shape index (κ1) is 97.6. The number of nitrogens with zero attached hydrogens (tertiary/aromatic N) is 7. The number of likely N-dealkylation sites (N-methyl/N-ethyl adjacent to an activating group) is 1. The van der Waals surface area contributed by atoms with Gasteiger partial charge in [-0.2, -0.15) is 6.42 Å². The first-order valence-corrected chi connectivity index (χ1v) is 33.7. The molecule has 3 fully saturated rings. The molecular formula is C66H148N10O7Y2-2. The Bertz CT molecular complexity index is 1230. The van der Waals surface area contributed by atoms with Gasteiger partial charge in [-0.3, -0.25) is 14.7 Å². The fraction of sp³-hybridized carbons (Fsp3) is 0.985. The summed E-state index contributed by atoms with van der Waals surface area (Å²) in [6, 6.07) is 0. The second-order valence-electron chi connectivity index (χ2n) is 26.2. The second kappa shape index (κ2) is 65.6. The molecule has 512 valence electrons. The van der Waals surface area contributed by atoms with Crippen molar-refractivity contribution in [2.24, 2.45) is 28.2 Å². The Morgan fingerprint density at radius 1 is 0.553 bits per heavy atom. The van der Waals surface area contributed by atoms with Gasteiger partial charge in [0.25, 0.3) is 0 Å². The van der Waals surface area contributed by atoms with E-state index in [1.165, 1.54) is 38.9 Å². The average molecular weight is 1370 g/mol. The molecule has 0 aromatic heterocycles. The van der Waals surface area contributed by atoms with Crippen molar-refractivity contribution >= 4 is 0 Å². The van der Waals surface area contributed by atoms with Crippen molar-refractivity contribution in [3.05, 3.63) is 12.2 Å². The first-order chi connectivity index (χ1) is 39.2. The van der Waals surface area contributed by atoms with Crippen LogP contribution in [-0.4, -0.2) is 267 Å². The molecule has 3 aliphatic rings. The van der Waals surface area contributed by atoms with Crippen molar-refractivity contribution in [1.82, 2.24) is 34.7 Å². The van der Waals surface area contributed by atoms with Gasteiger partial charge in [-0.05, 0) is 160 Å². The topological polar surface area (TPSA) is 232 Å². The summed E-state index contributed by atoms with van der Waals surface area (Å²) in [4.78, 5) is 14.1. The molecule has 0 aromatic rings. The van der Waals surface area contributed by atoms with Gasteiger partial charge in [0, 0.05) is 157 Å². The largest absolute Gasteiger partial charge is 0.659 e. The van der Waals surface area contributed by atoms with Crippen LogP contribution in [0, 0.1) is 23.7 Å². The number of aliphatic hydroxyl groups is 6. The minimum Gasteiger partial charge on any atom is -0.659 e. The Balaban J connectivity index is -0.000000229. The Morgan fingerprint density at radius 3 is 1.22 bits per heavy atom. The van der Waals surface area contributed by atoms with E-state index in [0.717, 1.165) is 181 Å². The number of rotatable bonds is 36. The molecule has 7 atom stereocenters. The smallest absolute Gasteiger partial charge is 0.0807 e. The van der Waals surface area contributed by atoms with Gasteiger partial charge >= 0.3 is 0 Å². The number of nitrogens with two attached hydrogens (primary N) is 2. The number of aliphatic hydroxyl groups excluding tert-OH is 6. The van der Waals surface area contributed by atoms with Gasteiger partial charge in [0.2, 0.25) is 0 Å². The summed E-state index contributed by atoms with van der Waals surface area (Å²) in [6.45, 7) is 60.3. The van der Waals surface area contributed by atoms with Crippen LogP contribution < -0.4 is 16.8 Å². The van der Waals surface area contributed by atoms with Crippen molar-refractivity contribution in [2.75, 3.05) is 164 Å². The predicted molar refractivity (Wildman–Crippen MR) is 359 cm³/mol. The standard InChI is InChI=1S/C17H37N4O2.2C14H31NO2.C11H23N2.C4H8O.2C3H9N.2Y/c1-4-16(22)14-18-6-7-21(15-17(23)5-2)13-12-20-10-8-19(3)9-11-20;2*1-6-12(16)10-15(11-13(17)7-2)9-8-14(3,4)5;1-3-6-12-7-10-13-8-4-11(2)5-9-13;1-2-4-3-5-4;2*1-2-3-4;;/h16-17,22-23H,4-15H2,1-3H3;2*12-13,16-17H,6-11H2,1-5H3;11-12H,1,3-10H2,2H3;4H,2-3H2,1H3;2*2-4H2,1H3;;/q-1;;;-1;;;;;. The van der Waals surface area contributed by atoms with Crippen LogP contribution in [0.5, 0.6) is 0 Å². The van der Waals surface area contributed by atoms with Crippen molar-refractivity contribution < 1.29 is 101 Å². The number of ether oxygens (including phenoxy) is 1. The van der Waals surface area contributed by atoms with Crippen LogP contribution in [-0.2, 0) is 70.2 Å². The molecule has 0 aliphatic carbocycles. The molecule has 0 aromatic carbocycles. The zero-order chi connectivity index (χ0) is 64.1. The predicted octanol–water partition coefficient (Wildman–Crippen LogP) is 8.02. The van der Waals surface area contributed by atoms with E-state index in [4.69, 9.17) is 16.2 Å². The van der Waals surface area contributed by atoms with E-state index in [1.54, 1.807) is 0 Å². The summed E-state index contributed by atoms with van der Waals surface area (Å²) in [5.41, 5.74) is 10.7. The number of likely N-dealkylation sites (tertiary alicyclic amines) is 1. The van der Waals surface area contributed by atoms with E-state index in [0.29, 0.717) is 49.7 Å². The molecule has 2 radical (unpaired) electrons. The number of epoxide rings is 1. The maximum absolute atomic E-state index is 9.95. The summed E-state index contributed by atoms with van der Waals surface area (Å²) >= 11 is 0. The van der Waals surface area contributed by atoms with Crippen molar-refractivity contribution in [2.45, 2.75) is 243 Å². The summed E-state index contributed by atoms with van der Waals surface area (Å²) in [7, 11) is 2.17. The molecule has 0 spiro atoms. The van der Waals surface area contributed by atoms with Crippen LogP contribution in [0.15, 0.2) is 0 Å². The molecule has 3 heterocycles. The molecule has 85 heavy (non-hydrogen) atoms. The number of piperidine rings is 1. The van der Waals surface area contributed by atoms with Crippen LogP contribution >= 0.6 is 0 Å². The SMILES string of the molecule is CCC(O)CN(CCC(C)(C)C)CC(O)CC.CCC(O)CN(CCC(C)(C)C)CC(O)CC.CCC(O)C[N-]CCN(CCN1CCN(C)CC1)CC(O)CC.CCC1CO1.CCCN.CCCN.[CH2-]CCNCCN1CCC(C)CC1.[Y].[Y]. The summed E-state index contributed by atoms with van der Waals surface area (Å²) in [6.07, 6.45) is 12.9. The third-order valence-electron chi connectivity index (χ3n) is 15.0. The van der Waals surface area contributed by atoms with Crippen molar-refractivity contribution in [3.8, 4) is 0 Å². The van der Waals surface area contributed by atoms with Crippen LogP contribution in [0.25, 0.3) is 5.32 Å². The van der Waals surface area contributed by atoms with E-state index in [-0.39, 0.29) is 102 Å². The monoisotopic (exact) mass is 1370 g/mol. The first-order valence-electron chi connectivity index (χ1n) is 33.7. The van der Waals surface area contributed by atoms with Gasteiger partial charge in [0.15, 0.2) is 0 Å². The quantitative estimate of drug-likeness (QED) is 0.0164. The molecule has 3 aliphatic heterocycles. The van der Waals surface area contributed by atoms with Crippen LogP contribution in [0.3, 0.4) is 0 Å². The molecular weight excluding hydrogens is 1220 g/mol. The van der Waals surface area contributed by atoms with Crippen LogP contribution in [0.2, 0.25) is 0 Å². The number of nitrogens with one attached hydrogen (secondary N) is 1. The van der Waals surface area contributed by atoms with Crippen molar-refractivity contribution in [3.63, 3.8) is 0 Å². The Hall–Kier alpha value is 1.53. The van der Waals surface area contributed by atoms with E-state index < -0.39 is 0 Å². The van der Waals surface area contributed by atoms with Crippen molar-refractivity contribution in [1.29, 1.82) is 0 Å². The van der Waals surface area contributed by atoms with E-state index in [9.17, 15) is 30.6 Å². The van der Waals surface area contributed by atoms with Gasteiger partial charge in [0.1, 0.15) is 0 Å². The maximum atomic E-state index is 9.95. The fourth-order valence-corrected chi connectivity index (χ4v) is 7.94. The normalized spacial score (nSPS) is 17.8. The third-order valence-corrected chi connectivity index (χ3v) is 15.0. The van der Waals surface area contributed by atoms with E-state index in [1.807, 2.05) is 41.5 Å². The molecule has 17 nitrogen and oxygen atoms in total. The van der Waals surface area contributed by atoms with E-state index in [2.05, 4.69) is 123 Å². The second-order valence-corrected chi connectivity index (χ2v) is 26.2. The molecule has 0 amide bonds. The Morgan fingerprint density at radius 2 is 0.918 bits per heavy atom. The van der Waals surface area contributed by atoms with Crippen LogP contribution in [0.1, 0.15) is 201 Å². The average Bonchev–Trinajstić information content (AvgIpc) is 4.32. The number of piperazine rings is 1. The molecule has 19 heteroatoms. The van der Waals surface area contributed by atoms with Gasteiger partial charge in [-0.25, -0.2) is 0 Å². The number of hydrogen-bond donors (Lipinski definition) is 9. The molecule has 3 saturated heterocycles. The maximum Gasteiger partial charge on any atom is 0.0807 e. The zero-order valence-corrected chi connectivity index (χ0v) is 64.9. The van der Waals surface area contributed by atoms with Gasteiger partial charge < -0.3 is 79.1 Å². The fourth-order valence-electron chi connectivity index (χ4n) is 7.94. The third kappa shape index (κ3) is 72.8. The van der Waals surface area contributed by atoms with Crippen LogP contribution in [0.4, 0.5) is 0 Å². The van der Waals surface area contributed by atoms with E-state index >= 15 is 0 Å². The Labute approximate surface area is 578 Å². The van der Waals surface area contributed by atoms with Gasteiger partial charge in [-0.1, -0.05) is 111 Å². The number of hydrogen-bond acceptors (Lipinski definition) is 16. The Kier molecular flexibility index (Phi) is 75.3. The summed E-state index contributed by atoms with van der Waals surface area (Å²) in [5.74, 6) is 0.948. The molecule has 7 unspecified atom stereocenters. The minimum absolute atomic E-state index is 0. The summed E-state index contributed by atoms with van der Waals surface area (Å²) in [5, 5.41) is 66.2. The minimum atomic E-state index is -0.310. The van der Waals surface area contributed by atoms with Gasteiger partial charge in [0.05, 0.1) is 43.2 Å². The molecule has 3 rings (SSSR count). The zero-order valence-electron chi connectivity index (χ0n) is 59.2. The summed E-state index contributed by atoms with van der Waals surface area (Å²) < 4.78 is 4.86. The molecule has 0 bridgehead atoms. The molecule has 11 N–H and O–H groups in total. The molecule has 0 saturated carbocycles.